The number of hydrogen-bond acceptors (Lipinski definition) is 6. The molecule has 0 aliphatic heterocycles. The van der Waals surface area contributed by atoms with Crippen LogP contribution in [0.15, 0.2) is 34.7 Å². The summed E-state index contributed by atoms with van der Waals surface area (Å²) in [6.45, 7) is 1.61. The van der Waals surface area contributed by atoms with Gasteiger partial charge in [0.15, 0.2) is 5.76 Å². The molecule has 28 heavy (non-hydrogen) atoms. The lowest BCUT2D eigenvalue weighted by atomic mass is 10.2. The van der Waals surface area contributed by atoms with E-state index >= 15 is 0 Å². The van der Waals surface area contributed by atoms with Gasteiger partial charge >= 0.3 is 5.97 Å². The topological polar surface area (TPSA) is 92.3 Å². The van der Waals surface area contributed by atoms with Gasteiger partial charge in [0, 0.05) is 5.56 Å². The number of nitrogens with one attached hydrogen (secondary N) is 1. The van der Waals surface area contributed by atoms with Crippen molar-refractivity contribution in [1.29, 1.82) is 5.26 Å². The van der Waals surface area contributed by atoms with Gasteiger partial charge in [-0.1, -0.05) is 29.3 Å². The van der Waals surface area contributed by atoms with Crippen molar-refractivity contribution in [3.63, 3.8) is 0 Å². The fourth-order valence-corrected chi connectivity index (χ4v) is 3.95. The van der Waals surface area contributed by atoms with Crippen LogP contribution in [0, 0.1) is 18.3 Å². The Bertz CT molecular complexity index is 1130. The zero-order chi connectivity index (χ0) is 20.4. The molecule has 3 aromatic rings. The van der Waals surface area contributed by atoms with Gasteiger partial charge in [-0.25, -0.2) is 4.79 Å². The Morgan fingerprint density at radius 3 is 2.68 bits per heavy atom. The molecule has 0 fully saturated rings. The number of carbonyl (C=O) groups excluding carboxylic acids is 2. The van der Waals surface area contributed by atoms with Crippen molar-refractivity contribution >= 4 is 51.4 Å². The number of hydrogen-bond donors (Lipinski definition) is 1. The highest BCUT2D eigenvalue weighted by Gasteiger charge is 2.23. The molecule has 0 radical (unpaired) electrons. The number of thiophene rings is 1. The molecule has 1 aromatic carbocycles. The summed E-state index contributed by atoms with van der Waals surface area (Å²) < 4.78 is 10.3. The Kier molecular flexibility index (Phi) is 5.75. The smallest absolute Gasteiger partial charge is 0.348 e. The molecular formula is C19H12Cl2N2O4S. The Morgan fingerprint density at radius 1 is 1.25 bits per heavy atom. The first kappa shape index (κ1) is 20.0. The first-order valence-corrected chi connectivity index (χ1v) is 9.42. The number of ether oxygens (including phenoxy) is 1. The van der Waals surface area contributed by atoms with Crippen LogP contribution in [0.3, 0.4) is 0 Å². The molecule has 9 heteroatoms. The highest BCUT2D eigenvalue weighted by atomic mass is 35.5. The Labute approximate surface area is 174 Å². The van der Waals surface area contributed by atoms with E-state index < -0.39 is 11.9 Å². The van der Waals surface area contributed by atoms with Crippen LogP contribution < -0.4 is 5.32 Å². The monoisotopic (exact) mass is 434 g/mol. The number of carbonyl (C=O) groups is 2. The average molecular weight is 435 g/mol. The quantitative estimate of drug-likeness (QED) is 0.544. The maximum absolute atomic E-state index is 12.6. The Balaban J connectivity index is 1.89. The van der Waals surface area contributed by atoms with Gasteiger partial charge in [0.1, 0.15) is 21.7 Å². The molecular weight excluding hydrogens is 423 g/mol. The van der Waals surface area contributed by atoms with Gasteiger partial charge in [0.25, 0.3) is 5.91 Å². The van der Waals surface area contributed by atoms with Crippen LogP contribution in [-0.2, 0) is 4.74 Å². The number of esters is 1. The fraction of sp³-hybridized carbons (Fsp3) is 0.105. The van der Waals surface area contributed by atoms with E-state index in [1.165, 1.54) is 13.2 Å². The summed E-state index contributed by atoms with van der Waals surface area (Å²) in [7, 11) is 1.25. The molecule has 2 aromatic heterocycles. The molecule has 0 bridgehead atoms. The lowest BCUT2D eigenvalue weighted by Gasteiger charge is -2.03. The second-order valence-electron chi connectivity index (χ2n) is 5.58. The number of halogens is 2. The largest absolute Gasteiger partial charge is 0.465 e. The van der Waals surface area contributed by atoms with Crippen LogP contribution in [0.1, 0.15) is 31.4 Å². The van der Waals surface area contributed by atoms with Crippen LogP contribution in [-0.4, -0.2) is 19.0 Å². The minimum absolute atomic E-state index is 0.0144. The average Bonchev–Trinajstić information content (AvgIpc) is 3.28. The third kappa shape index (κ3) is 3.62. The maximum Gasteiger partial charge on any atom is 0.348 e. The van der Waals surface area contributed by atoms with Gasteiger partial charge in [-0.3, -0.25) is 4.79 Å². The summed E-state index contributed by atoms with van der Waals surface area (Å²) in [4.78, 5) is 24.6. The lowest BCUT2D eigenvalue weighted by Crippen LogP contribution is -2.10. The minimum atomic E-state index is -0.574. The number of anilines is 1. The Hall–Kier alpha value is -2.79. The lowest BCUT2D eigenvalue weighted by molar-refractivity contribution is 0.0605. The second kappa shape index (κ2) is 8.07. The van der Waals surface area contributed by atoms with Crippen molar-refractivity contribution in [2.45, 2.75) is 6.92 Å². The summed E-state index contributed by atoms with van der Waals surface area (Å²) >= 11 is 13.2. The number of rotatable bonds is 4. The number of nitrogens with zero attached hydrogens (tertiary/aromatic N) is 1. The molecule has 2 heterocycles. The molecule has 0 atom stereocenters. The summed E-state index contributed by atoms with van der Waals surface area (Å²) in [5.74, 6) is -0.759. The van der Waals surface area contributed by atoms with Crippen molar-refractivity contribution in [2.75, 3.05) is 12.4 Å². The summed E-state index contributed by atoms with van der Waals surface area (Å²) in [6.07, 6.45) is 0. The standard InChI is InChI=1S/C19H12Cl2N2O4S/c1-9-11(8-22)18(28-16(9)19(25)26-2)23-17(24)14-7-6-13(27-14)10-4-3-5-12(20)15(10)21/h3-7H,1-2H3,(H,23,24). The van der Waals surface area contributed by atoms with Crippen molar-refractivity contribution < 1.29 is 18.7 Å². The molecule has 1 amide bonds. The molecule has 1 N–H and O–H groups in total. The van der Waals surface area contributed by atoms with E-state index in [0.29, 0.717) is 26.9 Å². The van der Waals surface area contributed by atoms with E-state index in [4.69, 9.17) is 32.4 Å². The molecule has 0 unspecified atom stereocenters. The molecule has 142 valence electrons. The molecule has 6 nitrogen and oxygen atoms in total. The number of benzene rings is 1. The number of furan rings is 1. The van der Waals surface area contributed by atoms with Crippen molar-refractivity contribution in [2.24, 2.45) is 0 Å². The van der Waals surface area contributed by atoms with Crippen molar-refractivity contribution in [1.82, 2.24) is 0 Å². The van der Waals surface area contributed by atoms with Gasteiger partial charge in [-0.15, -0.1) is 11.3 Å². The van der Waals surface area contributed by atoms with E-state index in [9.17, 15) is 14.9 Å². The highest BCUT2D eigenvalue weighted by Crippen LogP contribution is 2.36. The molecule has 0 spiro atoms. The van der Waals surface area contributed by atoms with Crippen molar-refractivity contribution in [3.8, 4) is 17.4 Å². The van der Waals surface area contributed by atoms with Crippen LogP contribution >= 0.6 is 34.5 Å². The SMILES string of the molecule is COC(=O)c1sc(NC(=O)c2ccc(-c3cccc(Cl)c3Cl)o2)c(C#N)c1C. The first-order chi connectivity index (χ1) is 13.4. The number of nitriles is 1. The van der Waals surface area contributed by atoms with Gasteiger partial charge in [-0.05, 0) is 36.8 Å². The molecule has 0 aliphatic rings. The predicted octanol–water partition coefficient (Wildman–Crippen LogP) is 5.53. The molecule has 0 saturated carbocycles. The normalized spacial score (nSPS) is 10.4. The summed E-state index contributed by atoms with van der Waals surface area (Å²) in [6, 6.07) is 10.1. The number of amides is 1. The van der Waals surface area contributed by atoms with E-state index in [2.05, 4.69) is 5.32 Å². The van der Waals surface area contributed by atoms with Gasteiger partial charge in [-0.2, -0.15) is 5.26 Å². The zero-order valence-electron chi connectivity index (χ0n) is 14.6. The molecule has 0 aliphatic carbocycles. The third-order valence-electron chi connectivity index (χ3n) is 3.90. The molecule has 3 rings (SSSR count). The van der Waals surface area contributed by atoms with Crippen LogP contribution in [0.4, 0.5) is 5.00 Å². The van der Waals surface area contributed by atoms with Crippen molar-refractivity contribution in [3.05, 3.63) is 62.1 Å². The second-order valence-corrected chi connectivity index (χ2v) is 7.39. The Morgan fingerprint density at radius 2 is 2.00 bits per heavy atom. The van der Waals surface area contributed by atoms with E-state index in [1.54, 1.807) is 31.2 Å². The van der Waals surface area contributed by atoms with E-state index in [-0.39, 0.29) is 21.2 Å². The first-order valence-electron chi connectivity index (χ1n) is 7.84. The van der Waals surface area contributed by atoms with Gasteiger partial charge in [0.05, 0.1) is 22.7 Å². The number of methoxy groups -OCH3 is 1. The van der Waals surface area contributed by atoms with E-state index in [0.717, 1.165) is 11.3 Å². The minimum Gasteiger partial charge on any atom is -0.465 e. The van der Waals surface area contributed by atoms with E-state index in [1.807, 2.05) is 6.07 Å². The maximum atomic E-state index is 12.6. The van der Waals surface area contributed by atoms with Crippen LogP contribution in [0.2, 0.25) is 10.0 Å². The van der Waals surface area contributed by atoms with Crippen LogP contribution in [0.25, 0.3) is 11.3 Å². The van der Waals surface area contributed by atoms with Gasteiger partial charge < -0.3 is 14.5 Å². The van der Waals surface area contributed by atoms with Crippen LogP contribution in [0.5, 0.6) is 0 Å². The van der Waals surface area contributed by atoms with Gasteiger partial charge in [0.2, 0.25) is 0 Å². The summed E-state index contributed by atoms with van der Waals surface area (Å²) in [5.41, 5.74) is 1.19. The zero-order valence-corrected chi connectivity index (χ0v) is 17.0. The predicted molar refractivity (Wildman–Crippen MR) is 107 cm³/mol. The fourth-order valence-electron chi connectivity index (χ4n) is 2.49. The summed E-state index contributed by atoms with van der Waals surface area (Å²) in [5, 5.41) is 12.9. The molecule has 0 saturated heterocycles. The third-order valence-corrected chi connectivity index (χ3v) is 5.91. The highest BCUT2D eigenvalue weighted by molar-refractivity contribution is 7.18.